The van der Waals surface area contributed by atoms with E-state index in [2.05, 4.69) is 0 Å². The van der Waals surface area contributed by atoms with Crippen LogP contribution in [0.4, 0.5) is 0 Å². The lowest BCUT2D eigenvalue weighted by molar-refractivity contribution is 0.335. The quantitative estimate of drug-likeness (QED) is 0.564. The fraction of sp³-hybridized carbons (Fsp3) is 1.00. The molecule has 0 saturated carbocycles. The zero-order valence-corrected chi connectivity index (χ0v) is 7.37. The van der Waals surface area contributed by atoms with Gasteiger partial charge in [-0.05, 0) is 32.3 Å². The molecule has 0 amide bonds. The van der Waals surface area contributed by atoms with Crippen molar-refractivity contribution >= 4 is 8.03 Å². The molecule has 0 aliphatic carbocycles. The van der Waals surface area contributed by atoms with Crippen LogP contribution in [0.15, 0.2) is 0 Å². The third kappa shape index (κ3) is 3.61. The molecular weight excluding hydrogens is 135 g/mol. The van der Waals surface area contributed by atoms with Gasteiger partial charge in [0.1, 0.15) is 0 Å². The SMILES string of the molecule is CCO[P+](=O)C(C)(C)C. The topological polar surface area (TPSA) is 26.3 Å². The predicted molar refractivity (Wildman–Crippen MR) is 39.0 cm³/mol. The maximum Gasteiger partial charge on any atom is 0.513 e. The molecule has 0 saturated heterocycles. The second-order valence-electron chi connectivity index (χ2n) is 2.85. The van der Waals surface area contributed by atoms with Crippen molar-refractivity contribution < 1.29 is 9.09 Å². The Kier molecular flexibility index (Phi) is 3.31. The van der Waals surface area contributed by atoms with Crippen molar-refractivity contribution in [3.8, 4) is 0 Å². The molecule has 0 heterocycles. The standard InChI is InChI=1S/C6H14O2P/c1-5-8-9(7)6(2,3)4/h5H2,1-4H3/q+1. The van der Waals surface area contributed by atoms with Gasteiger partial charge in [0.25, 0.3) is 0 Å². The van der Waals surface area contributed by atoms with Gasteiger partial charge in [0.2, 0.25) is 0 Å². The van der Waals surface area contributed by atoms with Crippen LogP contribution in [0, 0.1) is 0 Å². The molecule has 1 unspecified atom stereocenters. The normalized spacial score (nSPS) is 13.6. The van der Waals surface area contributed by atoms with Gasteiger partial charge in [-0.1, -0.05) is 0 Å². The van der Waals surface area contributed by atoms with Gasteiger partial charge >= 0.3 is 8.03 Å². The van der Waals surface area contributed by atoms with Gasteiger partial charge in [-0.2, -0.15) is 0 Å². The van der Waals surface area contributed by atoms with E-state index in [4.69, 9.17) is 4.52 Å². The Morgan fingerprint density at radius 1 is 1.44 bits per heavy atom. The number of rotatable bonds is 2. The molecule has 3 heteroatoms. The summed E-state index contributed by atoms with van der Waals surface area (Å²) >= 11 is 0. The van der Waals surface area contributed by atoms with E-state index in [1.807, 2.05) is 27.7 Å². The van der Waals surface area contributed by atoms with Crippen LogP contribution >= 0.6 is 8.03 Å². The monoisotopic (exact) mass is 149 g/mol. The first-order valence-corrected chi connectivity index (χ1v) is 4.26. The van der Waals surface area contributed by atoms with Crippen LogP contribution in [-0.2, 0) is 9.09 Å². The second kappa shape index (κ2) is 3.28. The van der Waals surface area contributed by atoms with Gasteiger partial charge in [0.15, 0.2) is 5.16 Å². The summed E-state index contributed by atoms with van der Waals surface area (Å²) in [7, 11) is -1.47. The summed E-state index contributed by atoms with van der Waals surface area (Å²) < 4.78 is 15.9. The van der Waals surface area contributed by atoms with E-state index in [0.717, 1.165) is 0 Å². The summed E-state index contributed by atoms with van der Waals surface area (Å²) in [5.74, 6) is 0. The minimum atomic E-state index is -1.47. The van der Waals surface area contributed by atoms with Crippen molar-refractivity contribution in [1.82, 2.24) is 0 Å². The summed E-state index contributed by atoms with van der Waals surface area (Å²) in [6.07, 6.45) is 0. The minimum Gasteiger partial charge on any atom is -0.146 e. The third-order valence-electron chi connectivity index (χ3n) is 0.794. The molecule has 0 radical (unpaired) electrons. The lowest BCUT2D eigenvalue weighted by Crippen LogP contribution is -2.08. The number of hydrogen-bond donors (Lipinski definition) is 0. The fourth-order valence-corrected chi connectivity index (χ4v) is 0.933. The van der Waals surface area contributed by atoms with Crippen LogP contribution < -0.4 is 0 Å². The van der Waals surface area contributed by atoms with Crippen LogP contribution in [0.3, 0.4) is 0 Å². The molecule has 0 fully saturated rings. The molecule has 9 heavy (non-hydrogen) atoms. The molecule has 0 aliphatic rings. The molecule has 0 aromatic heterocycles. The summed E-state index contributed by atoms with van der Waals surface area (Å²) in [5.41, 5.74) is 0. The highest BCUT2D eigenvalue weighted by Crippen LogP contribution is 2.38. The molecule has 0 aliphatic heterocycles. The van der Waals surface area contributed by atoms with Gasteiger partial charge in [0.05, 0.1) is 6.61 Å². The van der Waals surface area contributed by atoms with E-state index in [0.29, 0.717) is 6.61 Å². The van der Waals surface area contributed by atoms with Crippen LogP contribution in [-0.4, -0.2) is 11.8 Å². The first kappa shape index (κ1) is 9.06. The molecule has 54 valence electrons. The van der Waals surface area contributed by atoms with E-state index in [9.17, 15) is 4.57 Å². The molecule has 0 spiro atoms. The summed E-state index contributed by atoms with van der Waals surface area (Å²) in [6, 6.07) is 0. The Bertz CT molecular complexity index is 104. The zero-order chi connectivity index (χ0) is 7.49. The van der Waals surface area contributed by atoms with Crippen LogP contribution in [0.2, 0.25) is 0 Å². The van der Waals surface area contributed by atoms with Crippen molar-refractivity contribution in [2.75, 3.05) is 6.61 Å². The van der Waals surface area contributed by atoms with E-state index in [1.165, 1.54) is 0 Å². The van der Waals surface area contributed by atoms with Gasteiger partial charge in [0, 0.05) is 0 Å². The Hall–Kier alpha value is 0.0600. The Morgan fingerprint density at radius 2 is 1.89 bits per heavy atom. The van der Waals surface area contributed by atoms with Gasteiger partial charge < -0.3 is 0 Å². The van der Waals surface area contributed by atoms with Crippen molar-refractivity contribution in [2.24, 2.45) is 0 Å². The van der Waals surface area contributed by atoms with Crippen molar-refractivity contribution in [2.45, 2.75) is 32.9 Å². The molecule has 0 aromatic rings. The maximum atomic E-state index is 11.0. The maximum absolute atomic E-state index is 11.0. The Labute approximate surface area is 57.5 Å². The highest BCUT2D eigenvalue weighted by Gasteiger charge is 2.36. The van der Waals surface area contributed by atoms with Crippen LogP contribution in [0.5, 0.6) is 0 Å². The lowest BCUT2D eigenvalue weighted by atomic mass is 10.3. The Balaban J connectivity index is 3.74. The first-order valence-electron chi connectivity index (χ1n) is 3.08. The largest absolute Gasteiger partial charge is 0.513 e. The molecular formula is C6H14O2P+. The van der Waals surface area contributed by atoms with Crippen LogP contribution in [0.25, 0.3) is 0 Å². The molecule has 0 rings (SSSR count). The molecule has 1 atom stereocenters. The summed E-state index contributed by atoms with van der Waals surface area (Å²) in [4.78, 5) is 0. The van der Waals surface area contributed by atoms with Gasteiger partial charge in [-0.15, -0.1) is 4.52 Å². The van der Waals surface area contributed by atoms with E-state index >= 15 is 0 Å². The second-order valence-corrected chi connectivity index (χ2v) is 4.96. The zero-order valence-electron chi connectivity index (χ0n) is 6.47. The smallest absolute Gasteiger partial charge is 0.146 e. The van der Waals surface area contributed by atoms with Crippen molar-refractivity contribution in [3.05, 3.63) is 0 Å². The number of hydrogen-bond acceptors (Lipinski definition) is 2. The predicted octanol–water partition coefficient (Wildman–Crippen LogP) is 2.56. The Morgan fingerprint density at radius 3 is 2.00 bits per heavy atom. The van der Waals surface area contributed by atoms with Gasteiger partial charge in [-0.25, -0.2) is 0 Å². The van der Waals surface area contributed by atoms with Crippen molar-refractivity contribution in [1.29, 1.82) is 0 Å². The third-order valence-corrected chi connectivity index (χ3v) is 2.38. The molecule has 0 bridgehead atoms. The molecule has 0 aromatic carbocycles. The summed E-state index contributed by atoms with van der Waals surface area (Å²) in [5, 5.41) is -0.203. The minimum absolute atomic E-state index is 0.203. The van der Waals surface area contributed by atoms with E-state index in [1.54, 1.807) is 0 Å². The molecule has 2 nitrogen and oxygen atoms in total. The summed E-state index contributed by atoms with van der Waals surface area (Å²) in [6.45, 7) is 8.09. The average Bonchev–Trinajstić information content (AvgIpc) is 1.64. The van der Waals surface area contributed by atoms with E-state index < -0.39 is 8.03 Å². The van der Waals surface area contributed by atoms with Gasteiger partial charge in [-0.3, -0.25) is 0 Å². The van der Waals surface area contributed by atoms with Crippen molar-refractivity contribution in [3.63, 3.8) is 0 Å². The first-order chi connectivity index (χ1) is 3.98. The van der Waals surface area contributed by atoms with E-state index in [-0.39, 0.29) is 5.16 Å². The molecule has 0 N–H and O–H groups in total. The fourth-order valence-electron chi connectivity index (χ4n) is 0.311. The highest BCUT2D eigenvalue weighted by atomic mass is 31.1. The average molecular weight is 149 g/mol. The van der Waals surface area contributed by atoms with Crippen LogP contribution in [0.1, 0.15) is 27.7 Å². The lowest BCUT2D eigenvalue weighted by Gasteiger charge is -2.00. The highest BCUT2D eigenvalue weighted by molar-refractivity contribution is 7.41.